The molecule has 1 N–H and O–H groups in total. The van der Waals surface area contributed by atoms with Crippen LogP contribution in [0.1, 0.15) is 46.2 Å². The molecule has 0 radical (unpaired) electrons. The van der Waals surface area contributed by atoms with E-state index in [1.807, 2.05) is 29.3 Å². The fraction of sp³-hybridized carbons (Fsp3) is 0.261. The van der Waals surface area contributed by atoms with Gasteiger partial charge < -0.3 is 5.11 Å². The van der Waals surface area contributed by atoms with Crippen molar-refractivity contribution in [1.82, 2.24) is 9.66 Å². The zero-order valence-electron chi connectivity index (χ0n) is 16.4. The standard InChI is InChI=1S/C23H18FN3O3S/c24-18-6-5-13-15(25-18)11-31-17-4-2-1-3-14(17)19(13)27-12-23(8-9-23)22(30)20-21(29)16(28)7-10-26(20)27/h1-7,10,19,29H,8-9,11-12H2/t19-/m0/s1. The molecule has 1 saturated carbocycles. The Kier molecular flexibility index (Phi) is 3.87. The molecule has 0 saturated heterocycles. The number of halogens is 1. The van der Waals surface area contributed by atoms with Gasteiger partial charge in [0.1, 0.15) is 0 Å². The number of benzene rings is 1. The van der Waals surface area contributed by atoms with Gasteiger partial charge in [-0.25, -0.2) is 4.98 Å². The van der Waals surface area contributed by atoms with Crippen LogP contribution in [0.3, 0.4) is 0 Å². The predicted molar refractivity (Wildman–Crippen MR) is 113 cm³/mol. The van der Waals surface area contributed by atoms with Gasteiger partial charge in [-0.2, -0.15) is 4.39 Å². The number of Topliss-reactive ketones (excluding diaryl/α,β-unsaturated/α-hetero) is 1. The van der Waals surface area contributed by atoms with E-state index < -0.39 is 22.5 Å². The molecule has 1 aromatic carbocycles. The van der Waals surface area contributed by atoms with Gasteiger partial charge in [0, 0.05) is 35.0 Å². The molecule has 1 aliphatic carbocycles. The lowest BCUT2D eigenvalue weighted by Crippen LogP contribution is -2.51. The van der Waals surface area contributed by atoms with E-state index in [0.29, 0.717) is 30.8 Å². The number of carbonyl (C=O) groups excluding carboxylic acids is 1. The number of aromatic nitrogens is 2. The number of carbonyl (C=O) groups is 1. The van der Waals surface area contributed by atoms with Crippen molar-refractivity contribution in [2.45, 2.75) is 29.5 Å². The van der Waals surface area contributed by atoms with Crippen LogP contribution >= 0.6 is 11.8 Å². The second kappa shape index (κ2) is 6.43. The molecule has 1 atom stereocenters. The van der Waals surface area contributed by atoms with Crippen LogP contribution in [0.4, 0.5) is 4.39 Å². The van der Waals surface area contributed by atoms with Gasteiger partial charge in [-0.05, 0) is 30.5 Å². The summed E-state index contributed by atoms with van der Waals surface area (Å²) in [4.78, 5) is 30.6. The summed E-state index contributed by atoms with van der Waals surface area (Å²) in [5.41, 5.74) is 1.38. The highest BCUT2D eigenvalue weighted by Crippen LogP contribution is 2.53. The molecule has 0 bridgehead atoms. The topological polar surface area (TPSA) is 75.4 Å². The number of hydrogen-bond acceptors (Lipinski definition) is 6. The second-order valence-corrected chi connectivity index (χ2v) is 9.34. The fourth-order valence-electron chi connectivity index (χ4n) is 4.73. The van der Waals surface area contributed by atoms with Crippen LogP contribution < -0.4 is 10.4 Å². The van der Waals surface area contributed by atoms with Crippen molar-refractivity contribution >= 4 is 17.5 Å². The van der Waals surface area contributed by atoms with Gasteiger partial charge in [-0.3, -0.25) is 19.3 Å². The molecule has 0 unspecified atom stereocenters. The Balaban J connectivity index is 1.63. The first kappa shape index (κ1) is 18.6. The molecule has 3 aliphatic rings. The zero-order valence-corrected chi connectivity index (χ0v) is 17.2. The molecular weight excluding hydrogens is 417 g/mol. The Morgan fingerprint density at radius 1 is 1.10 bits per heavy atom. The molecule has 0 amide bonds. The number of ketones is 1. The van der Waals surface area contributed by atoms with Gasteiger partial charge in [0.2, 0.25) is 11.4 Å². The van der Waals surface area contributed by atoms with E-state index >= 15 is 0 Å². The molecule has 2 aliphatic heterocycles. The van der Waals surface area contributed by atoms with Crippen molar-refractivity contribution in [3.63, 3.8) is 0 Å². The molecule has 4 heterocycles. The van der Waals surface area contributed by atoms with Crippen molar-refractivity contribution in [2.24, 2.45) is 5.41 Å². The number of nitrogens with zero attached hydrogens (tertiary/aromatic N) is 3. The Bertz CT molecular complexity index is 1320. The van der Waals surface area contributed by atoms with Crippen LogP contribution in [0, 0.1) is 11.4 Å². The summed E-state index contributed by atoms with van der Waals surface area (Å²) in [6, 6.07) is 12.0. The van der Waals surface area contributed by atoms with Gasteiger partial charge in [-0.1, -0.05) is 24.3 Å². The maximum atomic E-state index is 14.0. The highest BCUT2D eigenvalue weighted by molar-refractivity contribution is 7.98. The molecule has 8 heteroatoms. The van der Waals surface area contributed by atoms with Crippen LogP contribution in [-0.2, 0) is 5.75 Å². The summed E-state index contributed by atoms with van der Waals surface area (Å²) >= 11 is 1.60. The second-order valence-electron chi connectivity index (χ2n) is 8.33. The van der Waals surface area contributed by atoms with E-state index in [4.69, 9.17) is 0 Å². The first-order chi connectivity index (χ1) is 15.0. The summed E-state index contributed by atoms with van der Waals surface area (Å²) in [5.74, 6) is -0.705. The maximum absolute atomic E-state index is 14.0. The lowest BCUT2D eigenvalue weighted by molar-refractivity contribution is 0.0856. The molecule has 31 heavy (non-hydrogen) atoms. The van der Waals surface area contributed by atoms with E-state index in [1.54, 1.807) is 28.7 Å². The van der Waals surface area contributed by atoms with Crippen LogP contribution in [0.15, 0.2) is 58.4 Å². The summed E-state index contributed by atoms with van der Waals surface area (Å²) in [7, 11) is 0. The minimum absolute atomic E-state index is 0.0299. The summed E-state index contributed by atoms with van der Waals surface area (Å²) in [6.45, 7) is 0.446. The normalized spacial score (nSPS) is 20.6. The number of pyridine rings is 2. The third-order valence-corrected chi connectivity index (χ3v) is 7.59. The Labute approximate surface area is 181 Å². The Hall–Kier alpha value is -3.13. The summed E-state index contributed by atoms with van der Waals surface area (Å²) < 4.78 is 15.6. The monoisotopic (exact) mass is 435 g/mol. The highest BCUT2D eigenvalue weighted by Gasteiger charge is 2.56. The van der Waals surface area contributed by atoms with Crippen molar-refractivity contribution in [1.29, 1.82) is 0 Å². The lowest BCUT2D eigenvalue weighted by Gasteiger charge is -2.42. The number of thioether (sulfide) groups is 1. The molecule has 6 rings (SSSR count). The van der Waals surface area contributed by atoms with E-state index in [-0.39, 0.29) is 17.5 Å². The SMILES string of the molecule is O=C1c2c(O)c(=O)ccn2N([C@@H]2c3ccccc3SCc3nc(F)ccc32)CC12CC2. The van der Waals surface area contributed by atoms with E-state index in [0.717, 1.165) is 16.0 Å². The minimum Gasteiger partial charge on any atom is -0.503 e. The van der Waals surface area contributed by atoms with Crippen LogP contribution in [0.25, 0.3) is 0 Å². The smallest absolute Gasteiger partial charge is 0.224 e. The number of hydrogen-bond donors (Lipinski definition) is 1. The molecular formula is C23H18FN3O3S. The molecule has 156 valence electrons. The molecule has 1 spiro atoms. The first-order valence-corrected chi connectivity index (χ1v) is 11.1. The lowest BCUT2D eigenvalue weighted by atomic mass is 9.91. The van der Waals surface area contributed by atoms with Gasteiger partial charge >= 0.3 is 0 Å². The van der Waals surface area contributed by atoms with E-state index in [2.05, 4.69) is 4.98 Å². The highest BCUT2D eigenvalue weighted by atomic mass is 32.2. The Morgan fingerprint density at radius 2 is 1.90 bits per heavy atom. The Morgan fingerprint density at radius 3 is 2.71 bits per heavy atom. The van der Waals surface area contributed by atoms with Crippen molar-refractivity contribution < 1.29 is 14.3 Å². The van der Waals surface area contributed by atoms with Crippen molar-refractivity contribution in [3.8, 4) is 5.75 Å². The molecule has 2 aromatic heterocycles. The largest absolute Gasteiger partial charge is 0.503 e. The fourth-order valence-corrected chi connectivity index (χ4v) is 5.77. The number of rotatable bonds is 1. The maximum Gasteiger partial charge on any atom is 0.224 e. The van der Waals surface area contributed by atoms with E-state index in [1.165, 1.54) is 12.1 Å². The zero-order chi connectivity index (χ0) is 21.3. The molecule has 6 nitrogen and oxygen atoms in total. The third kappa shape index (κ3) is 2.67. The van der Waals surface area contributed by atoms with Gasteiger partial charge in [0.05, 0.1) is 17.2 Å². The number of fused-ring (bicyclic) bond motifs is 3. The van der Waals surface area contributed by atoms with Gasteiger partial charge in [0.15, 0.2) is 17.2 Å². The summed E-state index contributed by atoms with van der Waals surface area (Å²) in [6.07, 6.45) is 2.97. The molecule has 1 fully saturated rings. The van der Waals surface area contributed by atoms with Crippen LogP contribution in [0.2, 0.25) is 0 Å². The first-order valence-electron chi connectivity index (χ1n) is 10.1. The quantitative estimate of drug-likeness (QED) is 0.591. The average molecular weight is 435 g/mol. The van der Waals surface area contributed by atoms with E-state index in [9.17, 15) is 19.1 Å². The van der Waals surface area contributed by atoms with Gasteiger partial charge in [-0.15, -0.1) is 11.8 Å². The van der Waals surface area contributed by atoms with Gasteiger partial charge in [0.25, 0.3) is 0 Å². The third-order valence-electron chi connectivity index (χ3n) is 6.49. The average Bonchev–Trinajstić information content (AvgIpc) is 3.56. The minimum atomic E-state index is -0.604. The van der Waals surface area contributed by atoms with Crippen molar-refractivity contribution in [2.75, 3.05) is 11.6 Å². The predicted octanol–water partition coefficient (Wildman–Crippen LogP) is 3.40. The number of aromatic hydroxyl groups is 1. The van der Waals surface area contributed by atoms with Crippen LogP contribution in [-0.4, -0.2) is 27.1 Å². The van der Waals surface area contributed by atoms with Crippen molar-refractivity contribution in [3.05, 3.63) is 87.3 Å². The summed E-state index contributed by atoms with van der Waals surface area (Å²) in [5, 5.41) is 12.5. The van der Waals surface area contributed by atoms with Crippen LogP contribution in [0.5, 0.6) is 5.75 Å². The molecule has 3 aromatic rings.